The summed E-state index contributed by atoms with van der Waals surface area (Å²) in [5, 5.41) is 2.66. The molecule has 0 radical (unpaired) electrons. The topological polar surface area (TPSA) is 44.8 Å². The van der Waals surface area contributed by atoms with Crippen molar-refractivity contribution in [2.45, 2.75) is 44.0 Å². The number of nitrogens with one attached hydrogen (secondary N) is 1. The van der Waals surface area contributed by atoms with Gasteiger partial charge in [-0.3, -0.25) is 10.2 Å². The van der Waals surface area contributed by atoms with Crippen molar-refractivity contribution in [3.8, 4) is 5.75 Å². The Hall–Kier alpha value is -1.24. The van der Waals surface area contributed by atoms with Gasteiger partial charge >= 0.3 is 0 Å². The summed E-state index contributed by atoms with van der Waals surface area (Å²) < 4.78 is 5.76. The van der Waals surface area contributed by atoms with Gasteiger partial charge in [0.1, 0.15) is 5.75 Å². The molecule has 3 unspecified atom stereocenters. The average molecular weight is 364 g/mol. The molecule has 0 saturated carbocycles. The van der Waals surface area contributed by atoms with Crippen LogP contribution in [0.25, 0.3) is 0 Å². The molecule has 6 heteroatoms. The third-order valence-electron chi connectivity index (χ3n) is 5.25. The van der Waals surface area contributed by atoms with Crippen molar-refractivity contribution in [1.82, 2.24) is 15.3 Å². The van der Waals surface area contributed by atoms with E-state index in [-0.39, 0.29) is 18.6 Å². The number of carbonyl (C=O) groups is 1. The van der Waals surface area contributed by atoms with Crippen LogP contribution in [0.5, 0.6) is 5.75 Å². The van der Waals surface area contributed by atoms with Gasteiger partial charge in [0.05, 0.1) is 6.04 Å². The second-order valence-electron chi connectivity index (χ2n) is 7.06. The molecule has 0 aliphatic carbocycles. The van der Waals surface area contributed by atoms with Gasteiger partial charge in [-0.15, -0.1) is 0 Å². The Bertz CT molecular complexity index is 575. The fourth-order valence-electron chi connectivity index (χ4n) is 3.47. The van der Waals surface area contributed by atoms with Gasteiger partial charge in [-0.1, -0.05) is 17.7 Å². The van der Waals surface area contributed by atoms with Gasteiger partial charge in [-0.05, 0) is 44.6 Å². The van der Waals surface area contributed by atoms with E-state index in [0.717, 1.165) is 18.8 Å². The van der Waals surface area contributed by atoms with Crippen LogP contribution in [0.4, 0.5) is 0 Å². The fraction of sp³-hybridized carbons (Fsp3) is 0.632. The van der Waals surface area contributed by atoms with Crippen LogP contribution in [0.2, 0.25) is 0 Å². The first kappa shape index (κ1) is 18.5. The number of hydrazine groups is 1. The number of rotatable bonds is 6. The number of nitrogens with zero attached hydrogens (tertiary/aromatic N) is 2. The highest BCUT2D eigenvalue weighted by Gasteiger charge is 2.36. The number of hydrogen-bond donors (Lipinski definition) is 1. The summed E-state index contributed by atoms with van der Waals surface area (Å²) >= 11 is 2.00. The van der Waals surface area contributed by atoms with Crippen LogP contribution < -0.4 is 10.2 Å². The predicted molar refractivity (Wildman–Crippen MR) is 103 cm³/mol. The monoisotopic (exact) mass is 363 g/mol. The van der Waals surface area contributed by atoms with E-state index < -0.39 is 0 Å². The molecular formula is C19H29N3O2S. The summed E-state index contributed by atoms with van der Waals surface area (Å²) in [5.41, 5.74) is 4.54. The van der Waals surface area contributed by atoms with Gasteiger partial charge in [0, 0.05) is 31.4 Å². The molecule has 1 amide bonds. The lowest BCUT2D eigenvalue weighted by molar-refractivity contribution is -0.135. The third kappa shape index (κ3) is 4.68. The van der Waals surface area contributed by atoms with E-state index in [1.807, 2.05) is 50.0 Å². The Labute approximate surface area is 155 Å². The summed E-state index contributed by atoms with van der Waals surface area (Å²) in [7, 11) is 2.04. The molecule has 0 bridgehead atoms. The minimum Gasteiger partial charge on any atom is -0.484 e. The molecule has 25 heavy (non-hydrogen) atoms. The maximum Gasteiger partial charge on any atom is 0.260 e. The molecule has 2 aliphatic rings. The first-order valence-corrected chi connectivity index (χ1v) is 10.2. The fourth-order valence-corrected chi connectivity index (χ4v) is 4.74. The predicted octanol–water partition coefficient (Wildman–Crippen LogP) is 2.31. The van der Waals surface area contributed by atoms with Crippen molar-refractivity contribution < 1.29 is 9.53 Å². The van der Waals surface area contributed by atoms with E-state index in [4.69, 9.17) is 4.74 Å². The summed E-state index contributed by atoms with van der Waals surface area (Å²) in [6, 6.07) is 8.35. The molecule has 0 aromatic heterocycles. The Morgan fingerprint density at radius 1 is 1.40 bits per heavy atom. The molecule has 2 heterocycles. The molecule has 2 saturated heterocycles. The molecule has 0 spiro atoms. The summed E-state index contributed by atoms with van der Waals surface area (Å²) in [6.45, 7) is 5.96. The van der Waals surface area contributed by atoms with Gasteiger partial charge in [0.15, 0.2) is 6.61 Å². The van der Waals surface area contributed by atoms with Crippen LogP contribution in [-0.2, 0) is 4.79 Å². The summed E-state index contributed by atoms with van der Waals surface area (Å²) in [4.78, 5) is 15.0. The third-order valence-corrected chi connectivity index (χ3v) is 6.63. The molecule has 3 atom stereocenters. The molecule has 1 N–H and O–H groups in total. The number of benzene rings is 1. The Balaban J connectivity index is 1.64. The first-order valence-electron chi connectivity index (χ1n) is 9.11. The molecule has 138 valence electrons. The van der Waals surface area contributed by atoms with E-state index in [1.54, 1.807) is 0 Å². The van der Waals surface area contributed by atoms with Crippen molar-refractivity contribution in [2.75, 3.05) is 32.5 Å². The van der Waals surface area contributed by atoms with E-state index in [2.05, 4.69) is 22.3 Å². The number of likely N-dealkylation sites (N-methyl/N-ethyl adjacent to an activating group) is 1. The second kappa shape index (κ2) is 8.43. The lowest BCUT2D eigenvalue weighted by Crippen LogP contribution is -2.51. The van der Waals surface area contributed by atoms with Gasteiger partial charge in [0.25, 0.3) is 5.91 Å². The van der Waals surface area contributed by atoms with Crippen molar-refractivity contribution in [1.29, 1.82) is 0 Å². The second-order valence-corrected chi connectivity index (χ2v) is 8.47. The number of amides is 1. The lowest BCUT2D eigenvalue weighted by Gasteiger charge is -2.33. The zero-order valence-corrected chi connectivity index (χ0v) is 16.2. The quantitative estimate of drug-likeness (QED) is 0.840. The highest BCUT2D eigenvalue weighted by molar-refractivity contribution is 8.00. The van der Waals surface area contributed by atoms with E-state index >= 15 is 0 Å². The van der Waals surface area contributed by atoms with Crippen LogP contribution in [-0.4, -0.2) is 65.6 Å². The van der Waals surface area contributed by atoms with E-state index in [9.17, 15) is 4.79 Å². The van der Waals surface area contributed by atoms with Gasteiger partial charge in [-0.2, -0.15) is 11.8 Å². The molecule has 5 nitrogen and oxygen atoms in total. The van der Waals surface area contributed by atoms with Crippen LogP contribution in [0.3, 0.4) is 0 Å². The molecule has 3 rings (SSSR count). The minimum absolute atomic E-state index is 0.0852. The van der Waals surface area contributed by atoms with Gasteiger partial charge in [0.2, 0.25) is 0 Å². The SMILES string of the molecule is Cc1ccc(OCC(=O)N(CC2CCCS2)C2CNN(C)C2C)cc1. The maximum absolute atomic E-state index is 13.0. The summed E-state index contributed by atoms with van der Waals surface area (Å²) in [6.07, 6.45) is 2.47. The van der Waals surface area contributed by atoms with Gasteiger partial charge in [-0.25, -0.2) is 5.01 Å². The molecule has 2 fully saturated rings. The highest BCUT2D eigenvalue weighted by atomic mass is 32.2. The molecule has 1 aromatic carbocycles. The van der Waals surface area contributed by atoms with Crippen LogP contribution in [0.1, 0.15) is 25.3 Å². The number of ether oxygens (including phenoxy) is 1. The lowest BCUT2D eigenvalue weighted by atomic mass is 10.1. The summed E-state index contributed by atoms with van der Waals surface area (Å²) in [5.74, 6) is 2.05. The zero-order chi connectivity index (χ0) is 17.8. The normalized spacial score (nSPS) is 26.8. The zero-order valence-electron chi connectivity index (χ0n) is 15.4. The van der Waals surface area contributed by atoms with E-state index in [0.29, 0.717) is 11.3 Å². The van der Waals surface area contributed by atoms with Crippen LogP contribution in [0.15, 0.2) is 24.3 Å². The Kier molecular flexibility index (Phi) is 6.25. The van der Waals surface area contributed by atoms with Gasteiger partial charge < -0.3 is 9.64 Å². The molecular weight excluding hydrogens is 334 g/mol. The van der Waals surface area contributed by atoms with Crippen molar-refractivity contribution in [3.05, 3.63) is 29.8 Å². The number of carbonyl (C=O) groups excluding carboxylic acids is 1. The average Bonchev–Trinajstić information content (AvgIpc) is 3.23. The highest BCUT2D eigenvalue weighted by Crippen LogP contribution is 2.28. The standard InChI is InChI=1S/C19H29N3O2S/c1-14-6-8-16(9-7-14)24-13-19(23)22(12-17-5-4-10-25-17)18-11-20-21(3)15(18)2/h6-9,15,17-18,20H,4-5,10-13H2,1-3H3. The minimum atomic E-state index is 0.0852. The first-order chi connectivity index (χ1) is 12.0. The Morgan fingerprint density at radius 2 is 2.16 bits per heavy atom. The maximum atomic E-state index is 13.0. The molecule has 1 aromatic rings. The number of aryl methyl sites for hydroxylation is 1. The van der Waals surface area contributed by atoms with Crippen LogP contribution in [0, 0.1) is 6.92 Å². The number of thioether (sulfide) groups is 1. The Morgan fingerprint density at radius 3 is 2.76 bits per heavy atom. The van der Waals surface area contributed by atoms with Crippen molar-refractivity contribution in [2.24, 2.45) is 0 Å². The van der Waals surface area contributed by atoms with Crippen molar-refractivity contribution >= 4 is 17.7 Å². The molecule has 2 aliphatic heterocycles. The van der Waals surface area contributed by atoms with Crippen molar-refractivity contribution in [3.63, 3.8) is 0 Å². The smallest absolute Gasteiger partial charge is 0.260 e. The van der Waals surface area contributed by atoms with E-state index in [1.165, 1.54) is 24.2 Å². The number of hydrogen-bond acceptors (Lipinski definition) is 5. The largest absolute Gasteiger partial charge is 0.484 e. The van der Waals surface area contributed by atoms with Crippen LogP contribution >= 0.6 is 11.8 Å².